The minimum Gasteiger partial charge on any atom is -0.481 e. The topological polar surface area (TPSA) is 151 Å². The first-order valence-corrected chi connectivity index (χ1v) is 11.5. The molecule has 0 heterocycles. The van der Waals surface area contributed by atoms with E-state index in [9.17, 15) is 29.4 Å². The molecule has 0 aliphatic heterocycles. The molecule has 198 valence electrons. The number of hydrogen-bond acceptors (Lipinski definition) is 6. The summed E-state index contributed by atoms with van der Waals surface area (Å²) in [5.74, 6) is -3.63. The Morgan fingerprint density at radius 1 is 0.676 bits per heavy atom. The molecule has 0 saturated carbocycles. The zero-order chi connectivity index (χ0) is 27.0. The number of nitrogens with one attached hydrogen (secondary N) is 2. The van der Waals surface area contributed by atoms with Gasteiger partial charge in [0.15, 0.2) is 0 Å². The largest absolute Gasteiger partial charge is 0.481 e. The smallest absolute Gasteiger partial charge is 0.311 e. The number of carboxylic acids is 2. The van der Waals surface area contributed by atoms with Crippen LogP contribution in [0.1, 0.15) is 75.2 Å². The third-order valence-corrected chi connectivity index (χ3v) is 5.64. The van der Waals surface area contributed by atoms with Crippen LogP contribution >= 0.6 is 0 Å². The fraction of sp³-hybridized carbons (Fsp3) is 0.833. The first-order valence-electron chi connectivity index (χ1n) is 11.5. The normalized spacial score (nSPS) is 13.0. The number of hydrogen-bond donors (Lipinski definition) is 4. The van der Waals surface area contributed by atoms with Crippen LogP contribution in [0.4, 0.5) is 0 Å². The lowest BCUT2D eigenvalue weighted by atomic mass is 9.94. The third kappa shape index (κ3) is 11.8. The molecule has 4 N–H and O–H groups in total. The molecule has 0 atom stereocenters. The number of ether oxygens (including phenoxy) is 2. The highest BCUT2D eigenvalue weighted by Gasteiger charge is 2.32. The number of amides is 2. The van der Waals surface area contributed by atoms with Crippen LogP contribution in [0.15, 0.2) is 0 Å². The molecule has 0 saturated heterocycles. The van der Waals surface area contributed by atoms with Gasteiger partial charge in [-0.1, -0.05) is 0 Å². The van der Waals surface area contributed by atoms with Gasteiger partial charge in [-0.2, -0.15) is 0 Å². The van der Waals surface area contributed by atoms with Crippen molar-refractivity contribution < 1.29 is 38.9 Å². The molecule has 0 aromatic carbocycles. The standard InChI is InChI=1S/C24H44N2O8/c1-16(17(27)25-12-10-23(6,7)33-14-21(2,3)19(29)30)18(28)26-13-11-24(8,9)34-15-22(4,5)20(31)32/h16H,10-15H2,1-9H3,(H,25,27)(H,26,28)(H,29,30)(H,31,32). The maximum atomic E-state index is 12.3. The van der Waals surface area contributed by atoms with Gasteiger partial charge in [0, 0.05) is 13.1 Å². The molecule has 0 fully saturated rings. The molecule has 0 aromatic rings. The molecule has 0 bridgehead atoms. The highest BCUT2D eigenvalue weighted by atomic mass is 16.5. The fourth-order valence-corrected chi connectivity index (χ4v) is 2.42. The molecular formula is C24H44N2O8. The Balaban J connectivity index is 4.43. The van der Waals surface area contributed by atoms with E-state index in [2.05, 4.69) is 10.6 Å². The van der Waals surface area contributed by atoms with Crippen molar-refractivity contribution in [2.45, 2.75) is 86.4 Å². The monoisotopic (exact) mass is 488 g/mol. The van der Waals surface area contributed by atoms with Crippen LogP contribution in [-0.2, 0) is 28.7 Å². The molecule has 10 nitrogen and oxygen atoms in total. The second-order valence-corrected chi connectivity index (χ2v) is 11.3. The highest BCUT2D eigenvalue weighted by molar-refractivity contribution is 5.99. The van der Waals surface area contributed by atoms with Gasteiger partial charge in [0.05, 0.1) is 35.2 Å². The van der Waals surface area contributed by atoms with E-state index in [1.54, 1.807) is 27.7 Å². The van der Waals surface area contributed by atoms with Crippen molar-refractivity contribution in [2.75, 3.05) is 26.3 Å². The predicted octanol–water partition coefficient (Wildman–Crippen LogP) is 2.45. The maximum absolute atomic E-state index is 12.3. The van der Waals surface area contributed by atoms with Crippen molar-refractivity contribution >= 4 is 23.8 Å². The summed E-state index contributed by atoms with van der Waals surface area (Å²) in [4.78, 5) is 47.1. The fourth-order valence-electron chi connectivity index (χ4n) is 2.42. The van der Waals surface area contributed by atoms with Crippen molar-refractivity contribution in [2.24, 2.45) is 16.7 Å². The van der Waals surface area contributed by atoms with Crippen molar-refractivity contribution in [3.8, 4) is 0 Å². The van der Waals surface area contributed by atoms with Gasteiger partial charge in [-0.25, -0.2) is 0 Å². The third-order valence-electron chi connectivity index (χ3n) is 5.64. The highest BCUT2D eigenvalue weighted by Crippen LogP contribution is 2.23. The van der Waals surface area contributed by atoms with Gasteiger partial charge in [0.1, 0.15) is 5.92 Å². The summed E-state index contributed by atoms with van der Waals surface area (Å²) >= 11 is 0. The maximum Gasteiger partial charge on any atom is 0.311 e. The van der Waals surface area contributed by atoms with Crippen molar-refractivity contribution in [1.29, 1.82) is 0 Å². The average Bonchev–Trinajstić information content (AvgIpc) is 2.70. The van der Waals surface area contributed by atoms with Crippen LogP contribution in [0.5, 0.6) is 0 Å². The Hall–Kier alpha value is -2.20. The van der Waals surface area contributed by atoms with Crippen LogP contribution < -0.4 is 10.6 Å². The van der Waals surface area contributed by atoms with E-state index in [4.69, 9.17) is 9.47 Å². The first-order chi connectivity index (χ1) is 15.2. The van der Waals surface area contributed by atoms with E-state index < -0.39 is 51.7 Å². The Kier molecular flexibility index (Phi) is 11.7. The minimum absolute atomic E-state index is 0.0377. The number of aliphatic carboxylic acids is 2. The summed E-state index contributed by atoms with van der Waals surface area (Å²) in [6, 6.07) is 0. The molecule has 0 radical (unpaired) electrons. The Bertz CT molecular complexity index is 668. The molecule has 0 spiro atoms. The average molecular weight is 489 g/mol. The zero-order valence-electron chi connectivity index (χ0n) is 22.2. The number of carboxylic acid groups (broad SMARTS) is 2. The second-order valence-electron chi connectivity index (χ2n) is 11.3. The lowest BCUT2D eigenvalue weighted by molar-refractivity contribution is -0.155. The summed E-state index contributed by atoms with van der Waals surface area (Å²) in [7, 11) is 0. The van der Waals surface area contributed by atoms with E-state index in [-0.39, 0.29) is 26.3 Å². The Labute approximate surface area is 203 Å². The van der Waals surface area contributed by atoms with E-state index in [0.717, 1.165) is 0 Å². The lowest BCUT2D eigenvalue weighted by Crippen LogP contribution is -2.43. The van der Waals surface area contributed by atoms with E-state index in [1.807, 2.05) is 27.7 Å². The van der Waals surface area contributed by atoms with Crippen molar-refractivity contribution in [3.05, 3.63) is 0 Å². The molecule has 0 rings (SSSR count). The summed E-state index contributed by atoms with van der Waals surface area (Å²) in [5, 5.41) is 23.8. The van der Waals surface area contributed by atoms with Gasteiger partial charge < -0.3 is 30.3 Å². The molecule has 0 unspecified atom stereocenters. The van der Waals surface area contributed by atoms with Crippen LogP contribution in [0.2, 0.25) is 0 Å². The summed E-state index contributed by atoms with van der Waals surface area (Å²) in [6.45, 7) is 15.7. The van der Waals surface area contributed by atoms with E-state index in [0.29, 0.717) is 12.8 Å². The lowest BCUT2D eigenvalue weighted by Gasteiger charge is -2.30. The summed E-state index contributed by atoms with van der Waals surface area (Å²) in [6.07, 6.45) is 0.891. The number of rotatable bonds is 16. The van der Waals surface area contributed by atoms with Gasteiger partial charge >= 0.3 is 11.9 Å². The molecule has 0 aliphatic carbocycles. The number of carbonyl (C=O) groups is 4. The van der Waals surface area contributed by atoms with Gasteiger partial charge in [-0.05, 0) is 75.2 Å². The molecule has 2 amide bonds. The van der Waals surface area contributed by atoms with Gasteiger partial charge in [0.2, 0.25) is 11.8 Å². The first kappa shape index (κ1) is 31.8. The van der Waals surface area contributed by atoms with Crippen LogP contribution in [0.3, 0.4) is 0 Å². The molecular weight excluding hydrogens is 444 g/mol. The molecule has 34 heavy (non-hydrogen) atoms. The Morgan fingerprint density at radius 2 is 0.971 bits per heavy atom. The van der Waals surface area contributed by atoms with E-state index >= 15 is 0 Å². The van der Waals surface area contributed by atoms with Crippen LogP contribution in [0.25, 0.3) is 0 Å². The van der Waals surface area contributed by atoms with Crippen molar-refractivity contribution in [1.82, 2.24) is 10.6 Å². The summed E-state index contributed by atoms with van der Waals surface area (Å²) in [5.41, 5.74) is -3.32. The second kappa shape index (κ2) is 12.5. The van der Waals surface area contributed by atoms with Gasteiger partial charge in [0.25, 0.3) is 0 Å². The van der Waals surface area contributed by atoms with Crippen LogP contribution in [-0.4, -0.2) is 71.5 Å². The van der Waals surface area contributed by atoms with E-state index in [1.165, 1.54) is 6.92 Å². The zero-order valence-corrected chi connectivity index (χ0v) is 22.2. The predicted molar refractivity (Wildman–Crippen MR) is 127 cm³/mol. The molecule has 0 aromatic heterocycles. The van der Waals surface area contributed by atoms with Gasteiger partial charge in [-0.15, -0.1) is 0 Å². The van der Waals surface area contributed by atoms with Crippen molar-refractivity contribution in [3.63, 3.8) is 0 Å². The minimum atomic E-state index is -1.01. The quantitative estimate of drug-likeness (QED) is 0.242. The Morgan fingerprint density at radius 3 is 1.24 bits per heavy atom. The molecule has 10 heteroatoms. The molecule has 0 aliphatic rings. The SMILES string of the molecule is CC(C(=O)NCCC(C)(C)OCC(C)(C)C(=O)O)C(=O)NCCC(C)(C)OCC(C)(C)C(=O)O. The van der Waals surface area contributed by atoms with Gasteiger partial charge in [-0.3, -0.25) is 19.2 Å². The van der Waals surface area contributed by atoms with Crippen LogP contribution in [0, 0.1) is 16.7 Å². The summed E-state index contributed by atoms with van der Waals surface area (Å²) < 4.78 is 11.5. The number of carbonyl (C=O) groups excluding carboxylic acids is 2.